The SMILES string of the molecule is COc1ccccc1C1CCN(c2ccc(S(=O)(=O)N3CCCCC3)cc2[N+](=O)[O-])C1. The van der Waals surface area contributed by atoms with Gasteiger partial charge in [0.15, 0.2) is 0 Å². The number of nitrogens with zero attached hydrogens (tertiary/aromatic N) is 3. The molecule has 1 atom stereocenters. The van der Waals surface area contributed by atoms with Gasteiger partial charge in [0.25, 0.3) is 5.69 Å². The third-order valence-electron chi connectivity index (χ3n) is 6.20. The van der Waals surface area contributed by atoms with Crippen LogP contribution in [-0.4, -0.2) is 50.9 Å². The smallest absolute Gasteiger partial charge is 0.293 e. The summed E-state index contributed by atoms with van der Waals surface area (Å²) in [6.45, 7) is 2.19. The van der Waals surface area contributed by atoms with Crippen LogP contribution in [0.4, 0.5) is 11.4 Å². The Morgan fingerprint density at radius 3 is 2.52 bits per heavy atom. The average Bonchev–Trinajstić information content (AvgIpc) is 3.29. The second-order valence-electron chi connectivity index (χ2n) is 8.05. The highest BCUT2D eigenvalue weighted by Crippen LogP contribution is 2.39. The first-order valence-electron chi connectivity index (χ1n) is 10.6. The van der Waals surface area contributed by atoms with Gasteiger partial charge >= 0.3 is 0 Å². The maximum atomic E-state index is 13.0. The first-order chi connectivity index (χ1) is 14.9. The number of rotatable bonds is 6. The number of methoxy groups -OCH3 is 1. The maximum Gasteiger partial charge on any atom is 0.293 e. The number of piperidine rings is 1. The fourth-order valence-electron chi connectivity index (χ4n) is 4.57. The van der Waals surface area contributed by atoms with Gasteiger partial charge in [0.1, 0.15) is 11.4 Å². The monoisotopic (exact) mass is 445 g/mol. The van der Waals surface area contributed by atoms with Gasteiger partial charge < -0.3 is 9.64 Å². The van der Waals surface area contributed by atoms with Crippen LogP contribution in [0.3, 0.4) is 0 Å². The molecule has 2 aromatic rings. The summed E-state index contributed by atoms with van der Waals surface area (Å²) in [4.78, 5) is 13.3. The molecule has 0 saturated carbocycles. The summed E-state index contributed by atoms with van der Waals surface area (Å²) in [5.74, 6) is 0.999. The number of sulfonamides is 1. The quantitative estimate of drug-likeness (QED) is 0.496. The first kappa shape index (κ1) is 21.6. The molecule has 8 nitrogen and oxygen atoms in total. The highest BCUT2D eigenvalue weighted by molar-refractivity contribution is 7.89. The maximum absolute atomic E-state index is 13.0. The van der Waals surface area contributed by atoms with Crippen molar-refractivity contribution in [2.45, 2.75) is 36.5 Å². The molecule has 31 heavy (non-hydrogen) atoms. The van der Waals surface area contributed by atoms with E-state index in [1.165, 1.54) is 16.4 Å². The number of benzene rings is 2. The standard InChI is InChI=1S/C22H27N3O5S/c1-30-22-8-4-3-7-19(22)17-11-14-23(16-17)20-10-9-18(15-21(20)25(26)27)31(28,29)24-12-5-2-6-13-24/h3-4,7-10,15,17H,2,5-6,11-14,16H2,1H3. The van der Waals surface area contributed by atoms with E-state index in [9.17, 15) is 18.5 Å². The molecule has 2 aliphatic rings. The molecule has 2 heterocycles. The molecule has 0 aliphatic carbocycles. The van der Waals surface area contributed by atoms with E-state index in [0.29, 0.717) is 31.9 Å². The highest BCUT2D eigenvalue weighted by atomic mass is 32.2. The van der Waals surface area contributed by atoms with Crippen LogP contribution in [0.2, 0.25) is 0 Å². The van der Waals surface area contributed by atoms with Crippen LogP contribution < -0.4 is 9.64 Å². The Morgan fingerprint density at radius 2 is 1.81 bits per heavy atom. The molecule has 9 heteroatoms. The second-order valence-corrected chi connectivity index (χ2v) is 9.98. The fraction of sp³-hybridized carbons (Fsp3) is 0.455. The van der Waals surface area contributed by atoms with E-state index >= 15 is 0 Å². The highest BCUT2D eigenvalue weighted by Gasteiger charge is 2.33. The van der Waals surface area contributed by atoms with E-state index in [1.807, 2.05) is 29.2 Å². The van der Waals surface area contributed by atoms with Crippen LogP contribution >= 0.6 is 0 Å². The molecule has 0 radical (unpaired) electrons. The zero-order chi connectivity index (χ0) is 22.0. The Morgan fingerprint density at radius 1 is 1.06 bits per heavy atom. The van der Waals surface area contributed by atoms with Crippen LogP contribution in [0.25, 0.3) is 0 Å². The van der Waals surface area contributed by atoms with Crippen molar-refractivity contribution in [2.24, 2.45) is 0 Å². The van der Waals surface area contributed by atoms with Gasteiger partial charge in [-0.25, -0.2) is 8.42 Å². The molecule has 0 N–H and O–H groups in total. The summed E-state index contributed by atoms with van der Waals surface area (Å²) in [5.41, 5.74) is 1.37. The number of nitro groups is 1. The van der Waals surface area contributed by atoms with Gasteiger partial charge in [-0.2, -0.15) is 4.31 Å². The van der Waals surface area contributed by atoms with Crippen molar-refractivity contribution in [3.63, 3.8) is 0 Å². The molecule has 2 saturated heterocycles. The minimum atomic E-state index is -3.73. The van der Waals surface area contributed by atoms with Crippen molar-refractivity contribution < 1.29 is 18.1 Å². The van der Waals surface area contributed by atoms with Crippen molar-refractivity contribution in [3.05, 3.63) is 58.1 Å². The molecule has 2 aliphatic heterocycles. The minimum absolute atomic E-state index is 0.00896. The molecule has 1 unspecified atom stereocenters. The fourth-order valence-corrected chi connectivity index (χ4v) is 6.11. The topological polar surface area (TPSA) is 93.0 Å². The number of para-hydroxylation sites is 1. The van der Waals surface area contributed by atoms with Crippen molar-refractivity contribution in [1.82, 2.24) is 4.31 Å². The van der Waals surface area contributed by atoms with Crippen LogP contribution in [-0.2, 0) is 10.0 Å². The van der Waals surface area contributed by atoms with Crippen molar-refractivity contribution in [3.8, 4) is 5.75 Å². The van der Waals surface area contributed by atoms with Crippen LogP contribution in [0.5, 0.6) is 5.75 Å². The summed E-state index contributed by atoms with van der Waals surface area (Å²) in [5, 5.41) is 11.8. The Balaban J connectivity index is 1.61. The van der Waals surface area contributed by atoms with Gasteiger partial charge in [0.05, 0.1) is 16.9 Å². The molecule has 4 rings (SSSR count). The number of anilines is 1. The van der Waals surface area contributed by atoms with E-state index < -0.39 is 14.9 Å². The molecular weight excluding hydrogens is 418 g/mol. The van der Waals surface area contributed by atoms with Gasteiger partial charge in [0.2, 0.25) is 10.0 Å². The van der Waals surface area contributed by atoms with Gasteiger partial charge in [-0.15, -0.1) is 0 Å². The first-order valence-corrected chi connectivity index (χ1v) is 12.0. The van der Waals surface area contributed by atoms with E-state index in [0.717, 1.165) is 37.0 Å². The number of hydrogen-bond donors (Lipinski definition) is 0. The Kier molecular flexibility index (Phi) is 6.15. The molecule has 0 aromatic heterocycles. The Bertz CT molecular complexity index is 1070. The van der Waals surface area contributed by atoms with Crippen molar-refractivity contribution >= 4 is 21.4 Å². The normalized spacial score (nSPS) is 20.0. The van der Waals surface area contributed by atoms with Crippen molar-refractivity contribution in [2.75, 3.05) is 38.2 Å². The van der Waals surface area contributed by atoms with Crippen LogP contribution in [0.1, 0.15) is 37.2 Å². The molecular formula is C22H27N3O5S. The van der Waals surface area contributed by atoms with Crippen molar-refractivity contribution in [1.29, 1.82) is 0 Å². The third-order valence-corrected chi connectivity index (χ3v) is 8.10. The van der Waals surface area contributed by atoms with E-state index in [2.05, 4.69) is 0 Å². The summed E-state index contributed by atoms with van der Waals surface area (Å²) >= 11 is 0. The second kappa shape index (κ2) is 8.84. The largest absolute Gasteiger partial charge is 0.496 e. The van der Waals surface area contributed by atoms with Crippen LogP contribution in [0, 0.1) is 10.1 Å². The minimum Gasteiger partial charge on any atom is -0.496 e. The van der Waals surface area contributed by atoms with Gasteiger partial charge in [-0.1, -0.05) is 24.6 Å². The lowest BCUT2D eigenvalue weighted by Gasteiger charge is -2.26. The molecule has 166 valence electrons. The zero-order valence-electron chi connectivity index (χ0n) is 17.6. The van der Waals surface area contributed by atoms with Gasteiger partial charge in [-0.05, 0) is 43.0 Å². The van der Waals surface area contributed by atoms with E-state index in [1.54, 1.807) is 13.2 Å². The lowest BCUT2D eigenvalue weighted by Crippen LogP contribution is -2.35. The Hall–Kier alpha value is -2.65. The number of ether oxygens (including phenoxy) is 1. The molecule has 0 bridgehead atoms. The van der Waals surface area contributed by atoms with E-state index in [-0.39, 0.29) is 16.5 Å². The summed E-state index contributed by atoms with van der Waals surface area (Å²) in [7, 11) is -2.09. The van der Waals surface area contributed by atoms with Gasteiger partial charge in [-0.3, -0.25) is 10.1 Å². The molecule has 2 aromatic carbocycles. The summed E-state index contributed by atoms with van der Waals surface area (Å²) in [6.07, 6.45) is 3.48. The number of hydrogen-bond acceptors (Lipinski definition) is 6. The predicted octanol–water partition coefficient (Wildman–Crippen LogP) is 3.77. The zero-order valence-corrected chi connectivity index (χ0v) is 18.4. The lowest BCUT2D eigenvalue weighted by atomic mass is 9.97. The predicted molar refractivity (Wildman–Crippen MR) is 118 cm³/mol. The summed E-state index contributed by atoms with van der Waals surface area (Å²) < 4.78 is 32.9. The summed E-state index contributed by atoms with van der Waals surface area (Å²) in [6, 6.07) is 12.1. The number of nitro benzene ring substituents is 1. The third kappa shape index (κ3) is 4.24. The van der Waals surface area contributed by atoms with Gasteiger partial charge in [0, 0.05) is 38.2 Å². The van der Waals surface area contributed by atoms with Crippen LogP contribution in [0.15, 0.2) is 47.4 Å². The molecule has 0 spiro atoms. The average molecular weight is 446 g/mol. The lowest BCUT2D eigenvalue weighted by molar-refractivity contribution is -0.384. The molecule has 2 fully saturated rings. The Labute approximate surface area is 182 Å². The van der Waals surface area contributed by atoms with E-state index in [4.69, 9.17) is 4.74 Å². The molecule has 0 amide bonds.